The molecular weight excluding hydrogens is 1370 g/mol. The van der Waals surface area contributed by atoms with E-state index in [0.717, 1.165) is 33.7 Å². The van der Waals surface area contributed by atoms with E-state index in [1.807, 2.05) is 23.6 Å². The predicted molar refractivity (Wildman–Crippen MR) is 355 cm³/mol. The fourth-order valence-corrected chi connectivity index (χ4v) is 13.4. The van der Waals surface area contributed by atoms with Gasteiger partial charge in [0.15, 0.2) is 0 Å². The molecule has 28 heteroatoms. The van der Waals surface area contributed by atoms with E-state index in [0.29, 0.717) is 95.7 Å². The third-order valence-corrected chi connectivity index (χ3v) is 18.1. The van der Waals surface area contributed by atoms with Crippen LogP contribution in [0.15, 0.2) is 94.8 Å². The van der Waals surface area contributed by atoms with Crippen LogP contribution >= 0.6 is 0 Å². The van der Waals surface area contributed by atoms with Gasteiger partial charge in [0.25, 0.3) is 11.1 Å². The maximum atomic E-state index is 16.0. The lowest BCUT2D eigenvalue weighted by molar-refractivity contribution is -0.144. The summed E-state index contributed by atoms with van der Waals surface area (Å²) < 4.78 is 209. The smallest absolute Gasteiger partial charge is 0.419 e. The molecule has 2 aliphatic rings. The number of likely N-dealkylation sites (tertiary alicyclic amines) is 2. The van der Waals surface area contributed by atoms with Crippen LogP contribution in [0.3, 0.4) is 0 Å². The largest absolute Gasteiger partial charge is 0.481 e. The first-order valence-electron chi connectivity index (χ1n) is 33.4. The number of aryl methyl sites for hydroxylation is 4. The zero-order valence-corrected chi connectivity index (χ0v) is 58.3. The van der Waals surface area contributed by atoms with Gasteiger partial charge in [-0.3, -0.25) is 28.8 Å². The summed E-state index contributed by atoms with van der Waals surface area (Å²) in [6, 6.07) is 7.84. The Kier molecular flexibility index (Phi) is 26.1. The Bertz CT molecular complexity index is 4110. The summed E-state index contributed by atoms with van der Waals surface area (Å²) in [4.78, 5) is 83.4. The normalized spacial score (nSPS) is 15.4. The van der Waals surface area contributed by atoms with Crippen molar-refractivity contribution < 1.29 is 90.5 Å². The molecule has 0 saturated carbocycles. The van der Waals surface area contributed by atoms with E-state index in [1.165, 1.54) is 6.92 Å². The average molecular weight is 1450 g/mol. The van der Waals surface area contributed by atoms with Gasteiger partial charge in [-0.2, -0.15) is 52.7 Å². The van der Waals surface area contributed by atoms with Gasteiger partial charge in [0, 0.05) is 74.9 Å². The number of carboxylic acids is 1. The second kappa shape index (κ2) is 32.9. The van der Waals surface area contributed by atoms with E-state index in [1.54, 1.807) is 91.8 Å². The molecule has 3 N–H and O–H groups in total. The summed E-state index contributed by atoms with van der Waals surface area (Å²) in [5.41, 5.74) is -6.71. The number of carbonyl (C=O) groups excluding carboxylic acids is 3. The average Bonchev–Trinajstić information content (AvgIpc) is 0.780. The number of halogens is 14. The van der Waals surface area contributed by atoms with Crippen LogP contribution in [0.25, 0.3) is 22.3 Å². The van der Waals surface area contributed by atoms with Gasteiger partial charge in [-0.1, -0.05) is 77.9 Å². The predicted octanol–water partition coefficient (Wildman–Crippen LogP) is 15.9. The second-order valence-electron chi connectivity index (χ2n) is 27.5. The van der Waals surface area contributed by atoms with Crippen molar-refractivity contribution >= 4 is 23.8 Å². The zero-order valence-electron chi connectivity index (χ0n) is 58.3. The highest BCUT2D eigenvalue weighted by Gasteiger charge is 2.43. The van der Waals surface area contributed by atoms with Crippen molar-refractivity contribution in [1.82, 2.24) is 29.6 Å². The molecule has 2 aliphatic heterocycles. The van der Waals surface area contributed by atoms with Gasteiger partial charge in [0.2, 0.25) is 11.8 Å². The minimum atomic E-state index is -5.19. The Hall–Kier alpha value is -8.40. The Morgan fingerprint density at radius 1 is 0.529 bits per heavy atom. The fourth-order valence-electron chi connectivity index (χ4n) is 13.4. The molecular formula is C74H84F14N6O8. The van der Waals surface area contributed by atoms with Crippen molar-refractivity contribution in [3.05, 3.63) is 184 Å². The molecule has 2 amide bonds. The van der Waals surface area contributed by atoms with Crippen LogP contribution in [0.5, 0.6) is 0 Å². The highest BCUT2D eigenvalue weighted by Crippen LogP contribution is 2.43. The number of nitrogens with zero attached hydrogens (tertiary/aromatic N) is 4. The van der Waals surface area contributed by atoms with E-state index in [2.05, 4.69) is 10.6 Å². The van der Waals surface area contributed by atoms with E-state index < -0.39 is 142 Å². The number of benzene rings is 4. The lowest BCUT2D eigenvalue weighted by atomic mass is 9.90. The third kappa shape index (κ3) is 20.3. The van der Waals surface area contributed by atoms with Crippen molar-refractivity contribution in [3.63, 3.8) is 0 Å². The number of hydrogen-bond acceptors (Lipinski definition) is 9. The number of carbonyl (C=O) groups is 4. The van der Waals surface area contributed by atoms with Crippen LogP contribution in [0.2, 0.25) is 0 Å². The molecule has 6 aromatic rings. The number of amides is 2. The van der Waals surface area contributed by atoms with Crippen molar-refractivity contribution in [2.45, 2.75) is 164 Å². The number of rotatable bonds is 25. The Balaban J connectivity index is 0.000000286. The summed E-state index contributed by atoms with van der Waals surface area (Å²) >= 11 is 0. The molecule has 8 rings (SSSR count). The standard InChI is InChI=1S/C38H44F7N3O4.C36H40F7N3O4/c1-7-52-33(50)17-30(27-14-26(15-29(35(27)39)38(43,44)45)34-23(5)9-8-10-24(34)6)46-36(51)31(13-21(2)3)48-20-25(11-12-47-18-22(4)19-47)28(16-32(48)49)37(40,41)42;1-19(2)11-29(46-18-23(9-10-45-16-20(3)17-45)26(14-30(46)47)35(38,39)40)34(50)44-28(15-31(48)49)25-12-24(13-27(33(25)37)36(41,42)43)32-21(4)7-6-8-22(32)5/h8-10,14-16,20-22,30-31H,7,11-13,17-19H2,1-6H3,(H,46,51);6-8,12-14,18-20,28-29H,9-11,15-17H2,1-5H3,(H,44,50)(H,48,49)/t30-,31?;28-,29?/m00/s1. The summed E-state index contributed by atoms with van der Waals surface area (Å²) in [7, 11) is 0. The molecule has 0 spiro atoms. The Labute approximate surface area is 581 Å². The molecule has 4 heterocycles. The van der Waals surface area contributed by atoms with Gasteiger partial charge in [0.1, 0.15) is 23.7 Å². The number of hydrogen-bond donors (Lipinski definition) is 3. The number of pyridine rings is 2. The summed E-state index contributed by atoms with van der Waals surface area (Å²) in [6.45, 7) is 22.2. The van der Waals surface area contributed by atoms with Gasteiger partial charge in [0.05, 0.1) is 53.8 Å². The number of aromatic nitrogens is 2. The van der Waals surface area contributed by atoms with Gasteiger partial charge >= 0.3 is 36.6 Å². The van der Waals surface area contributed by atoms with Crippen LogP contribution in [0.4, 0.5) is 61.5 Å². The maximum absolute atomic E-state index is 16.0. The molecule has 2 saturated heterocycles. The van der Waals surface area contributed by atoms with Crippen LogP contribution in [0, 0.1) is 63.0 Å². The number of alkyl halides is 12. The highest BCUT2D eigenvalue weighted by molar-refractivity contribution is 5.83. The number of esters is 1. The Morgan fingerprint density at radius 2 is 0.863 bits per heavy atom. The number of carboxylic acid groups (broad SMARTS) is 1. The number of ether oxygens (including phenoxy) is 1. The van der Waals surface area contributed by atoms with Gasteiger partial charge in [-0.15, -0.1) is 0 Å². The first kappa shape index (κ1) is 80.9. The van der Waals surface area contributed by atoms with Gasteiger partial charge in [-0.25, -0.2) is 8.78 Å². The van der Waals surface area contributed by atoms with E-state index in [-0.39, 0.29) is 79.5 Å². The van der Waals surface area contributed by atoms with Crippen molar-refractivity contribution in [2.24, 2.45) is 23.7 Å². The molecule has 2 fully saturated rings. The van der Waals surface area contributed by atoms with E-state index in [9.17, 15) is 86.6 Å². The highest BCUT2D eigenvalue weighted by atomic mass is 19.4. The van der Waals surface area contributed by atoms with Crippen LogP contribution in [-0.4, -0.2) is 93.7 Å². The van der Waals surface area contributed by atoms with Crippen LogP contribution < -0.4 is 21.8 Å². The lowest BCUT2D eigenvalue weighted by Crippen LogP contribution is -2.46. The lowest BCUT2D eigenvalue weighted by Gasteiger charge is -2.37. The van der Waals surface area contributed by atoms with Gasteiger partial charge < -0.3 is 39.4 Å². The topological polar surface area (TPSA) is 172 Å². The molecule has 0 radical (unpaired) electrons. The molecule has 4 aromatic carbocycles. The molecule has 0 bridgehead atoms. The molecule has 102 heavy (non-hydrogen) atoms. The molecule has 2 aromatic heterocycles. The van der Waals surface area contributed by atoms with Crippen LogP contribution in [0.1, 0.15) is 165 Å². The SMILES string of the molecule is CCOC(=O)C[C@H](NC(=O)C(CC(C)C)n1cc(CCN2CC(C)C2)c(C(F)(F)F)cc1=O)c1cc(-c2c(C)cccc2C)cc(C(F)(F)F)c1F.Cc1cccc(C)c1-c1cc([C@H](CC(=O)O)NC(=O)C(CC(C)C)n2cc(CCN3CC(C)C3)c(C(F)(F)F)cc2=O)c(F)c(C(F)(F)F)c1. The monoisotopic (exact) mass is 1450 g/mol. The molecule has 2 unspecified atom stereocenters. The molecule has 556 valence electrons. The van der Waals surface area contributed by atoms with Crippen molar-refractivity contribution in [1.29, 1.82) is 0 Å². The molecule has 4 atom stereocenters. The zero-order chi connectivity index (χ0) is 76.0. The number of aliphatic carboxylic acids is 1. The summed E-state index contributed by atoms with van der Waals surface area (Å²) in [5, 5.41) is 14.5. The van der Waals surface area contributed by atoms with E-state index >= 15 is 8.78 Å². The quantitative estimate of drug-likeness (QED) is 0.0370. The minimum absolute atomic E-state index is 0.0126. The third-order valence-electron chi connectivity index (χ3n) is 18.1. The molecule has 0 aliphatic carbocycles. The number of nitrogens with one attached hydrogen (secondary N) is 2. The van der Waals surface area contributed by atoms with Crippen LogP contribution in [-0.2, 0) is 61.5 Å². The second-order valence-corrected chi connectivity index (χ2v) is 27.5. The first-order chi connectivity index (χ1) is 47.4. The summed E-state index contributed by atoms with van der Waals surface area (Å²) in [5.74, 6) is -7.94. The van der Waals surface area contributed by atoms with Gasteiger partial charge in [-0.05, 0) is 164 Å². The fraction of sp³-hybridized carbons (Fsp3) is 0.486. The minimum Gasteiger partial charge on any atom is -0.481 e. The summed E-state index contributed by atoms with van der Waals surface area (Å²) in [6.07, 6.45) is -20.3. The van der Waals surface area contributed by atoms with Crippen molar-refractivity contribution in [2.75, 3.05) is 45.9 Å². The van der Waals surface area contributed by atoms with Crippen molar-refractivity contribution in [3.8, 4) is 22.3 Å². The maximum Gasteiger partial charge on any atom is 0.419 e. The molecule has 14 nitrogen and oxygen atoms in total. The first-order valence-corrected chi connectivity index (χ1v) is 33.4. The van der Waals surface area contributed by atoms with E-state index in [4.69, 9.17) is 4.74 Å². The Morgan fingerprint density at radius 3 is 1.16 bits per heavy atom.